The molecular weight excluding hydrogens is 290 g/mol. The molecule has 6 heteroatoms. The Morgan fingerprint density at radius 3 is 2.74 bits per heavy atom. The van der Waals surface area contributed by atoms with Gasteiger partial charge in [-0.05, 0) is 51.6 Å². The lowest BCUT2D eigenvalue weighted by atomic mass is 9.76. The number of anilines is 1. The largest absolute Gasteiger partial charge is 0.328 e. The first kappa shape index (κ1) is 16.5. The van der Waals surface area contributed by atoms with E-state index in [9.17, 15) is 4.79 Å². The molecule has 1 aromatic heterocycles. The van der Waals surface area contributed by atoms with Gasteiger partial charge in [-0.1, -0.05) is 13.3 Å². The van der Waals surface area contributed by atoms with Gasteiger partial charge in [-0.3, -0.25) is 4.79 Å². The molecule has 6 nitrogen and oxygen atoms in total. The van der Waals surface area contributed by atoms with Crippen molar-refractivity contribution in [1.29, 1.82) is 0 Å². The van der Waals surface area contributed by atoms with E-state index in [0.29, 0.717) is 12.2 Å². The molecule has 1 aliphatic heterocycles. The molecule has 1 aromatic rings. The summed E-state index contributed by atoms with van der Waals surface area (Å²) in [6, 6.07) is -0.451. The Hall–Kier alpha value is -1.40. The van der Waals surface area contributed by atoms with Crippen LogP contribution >= 0.6 is 0 Å². The minimum Gasteiger partial charge on any atom is -0.328 e. The average Bonchev–Trinajstić information content (AvgIpc) is 3.14. The first-order chi connectivity index (χ1) is 11.1. The highest BCUT2D eigenvalue weighted by molar-refractivity contribution is 5.93. The van der Waals surface area contributed by atoms with E-state index in [2.05, 4.69) is 19.8 Å². The maximum atomic E-state index is 12.0. The van der Waals surface area contributed by atoms with Gasteiger partial charge < -0.3 is 20.5 Å². The maximum Gasteiger partial charge on any atom is 0.242 e. The summed E-state index contributed by atoms with van der Waals surface area (Å²) in [5.74, 6) is 0.480. The van der Waals surface area contributed by atoms with Gasteiger partial charge >= 0.3 is 0 Å². The lowest BCUT2D eigenvalue weighted by Gasteiger charge is -2.45. The Morgan fingerprint density at radius 1 is 1.39 bits per heavy atom. The Labute approximate surface area is 138 Å². The van der Waals surface area contributed by atoms with Crippen molar-refractivity contribution >= 4 is 11.7 Å². The Balaban J connectivity index is 1.64. The van der Waals surface area contributed by atoms with E-state index in [1.807, 2.05) is 19.4 Å². The molecular formula is C17H29N5O. The number of carbonyl (C=O) groups excluding carboxylic acids is 1. The van der Waals surface area contributed by atoms with Crippen LogP contribution in [0.25, 0.3) is 0 Å². The summed E-state index contributed by atoms with van der Waals surface area (Å²) in [6.45, 7) is 5.56. The molecule has 2 aliphatic rings. The van der Waals surface area contributed by atoms with E-state index in [0.717, 1.165) is 13.0 Å². The number of amides is 1. The quantitative estimate of drug-likeness (QED) is 0.805. The van der Waals surface area contributed by atoms with Crippen molar-refractivity contribution in [3.8, 4) is 0 Å². The fourth-order valence-electron chi connectivity index (χ4n) is 3.75. The van der Waals surface area contributed by atoms with Crippen molar-refractivity contribution in [2.75, 3.05) is 25.0 Å². The number of nitrogens with two attached hydrogens (primary N) is 1. The second-order valence-corrected chi connectivity index (χ2v) is 7.11. The maximum absolute atomic E-state index is 12.0. The Bertz CT molecular complexity index is 531. The number of nitrogens with one attached hydrogen (secondary N) is 1. The number of imidazole rings is 1. The predicted octanol–water partition coefficient (Wildman–Crippen LogP) is 1.92. The van der Waals surface area contributed by atoms with E-state index in [1.54, 1.807) is 0 Å². The van der Waals surface area contributed by atoms with Crippen LogP contribution in [0.15, 0.2) is 12.5 Å². The topological polar surface area (TPSA) is 76.2 Å². The van der Waals surface area contributed by atoms with Crippen LogP contribution in [0.1, 0.15) is 51.9 Å². The fraction of sp³-hybridized carbons (Fsp3) is 0.765. The van der Waals surface area contributed by atoms with Gasteiger partial charge in [0, 0.05) is 12.7 Å². The summed E-state index contributed by atoms with van der Waals surface area (Å²) in [6.07, 6.45) is 11.8. The van der Waals surface area contributed by atoms with E-state index in [-0.39, 0.29) is 11.4 Å². The molecule has 3 N–H and O–H groups in total. The van der Waals surface area contributed by atoms with Gasteiger partial charge in [-0.2, -0.15) is 0 Å². The lowest BCUT2D eigenvalue weighted by Crippen LogP contribution is -2.49. The van der Waals surface area contributed by atoms with Crippen LogP contribution in [0.4, 0.5) is 5.82 Å². The van der Waals surface area contributed by atoms with Crippen molar-refractivity contribution in [2.24, 2.45) is 5.73 Å². The highest BCUT2D eigenvalue weighted by Gasteiger charge is 2.40. The number of likely N-dealkylation sites (tertiary alicyclic amines) is 1. The van der Waals surface area contributed by atoms with Crippen LogP contribution in [0.3, 0.4) is 0 Å². The van der Waals surface area contributed by atoms with Crippen molar-refractivity contribution in [1.82, 2.24) is 14.5 Å². The first-order valence-corrected chi connectivity index (χ1v) is 8.96. The van der Waals surface area contributed by atoms with Crippen LogP contribution in [0.5, 0.6) is 0 Å². The van der Waals surface area contributed by atoms with Gasteiger partial charge in [0.25, 0.3) is 0 Å². The van der Waals surface area contributed by atoms with E-state index in [1.165, 1.54) is 45.2 Å². The number of nitrogens with zero attached hydrogens (tertiary/aromatic N) is 3. The Kier molecular flexibility index (Phi) is 5.02. The van der Waals surface area contributed by atoms with Gasteiger partial charge in [0.2, 0.25) is 5.91 Å². The smallest absolute Gasteiger partial charge is 0.242 e. The van der Waals surface area contributed by atoms with Crippen molar-refractivity contribution in [3.05, 3.63) is 12.5 Å². The minimum atomic E-state index is -0.451. The second kappa shape index (κ2) is 7.01. The summed E-state index contributed by atoms with van der Waals surface area (Å²) in [4.78, 5) is 19.0. The van der Waals surface area contributed by atoms with Crippen LogP contribution in [-0.2, 0) is 10.3 Å². The van der Waals surface area contributed by atoms with Gasteiger partial charge in [-0.15, -0.1) is 0 Å². The molecule has 0 spiro atoms. The number of carbonyl (C=O) groups is 1. The number of hydrogen-bond acceptors (Lipinski definition) is 4. The molecule has 0 unspecified atom stereocenters. The monoisotopic (exact) mass is 319 g/mol. The fourth-order valence-corrected chi connectivity index (χ4v) is 3.75. The summed E-state index contributed by atoms with van der Waals surface area (Å²) in [5.41, 5.74) is 6.03. The third-order valence-corrected chi connectivity index (χ3v) is 5.32. The van der Waals surface area contributed by atoms with E-state index < -0.39 is 6.04 Å². The van der Waals surface area contributed by atoms with E-state index in [4.69, 9.17) is 5.73 Å². The van der Waals surface area contributed by atoms with Gasteiger partial charge in [-0.25, -0.2) is 4.98 Å². The number of aromatic nitrogens is 2. The SMILES string of the molecule is CCC[C@H](N)C(=O)Nc1cn(C2(CN3CCCC3)CCC2)cn1. The molecule has 2 heterocycles. The molecule has 1 saturated heterocycles. The van der Waals surface area contributed by atoms with E-state index >= 15 is 0 Å². The zero-order valence-electron chi connectivity index (χ0n) is 14.1. The first-order valence-electron chi connectivity index (χ1n) is 8.96. The van der Waals surface area contributed by atoms with Crippen LogP contribution in [-0.4, -0.2) is 46.0 Å². The molecule has 0 bridgehead atoms. The van der Waals surface area contributed by atoms with Crippen molar-refractivity contribution < 1.29 is 4.79 Å². The molecule has 2 fully saturated rings. The normalized spacial score (nSPS) is 21.8. The van der Waals surface area contributed by atoms with Gasteiger partial charge in [0.05, 0.1) is 17.9 Å². The molecule has 128 valence electrons. The molecule has 1 saturated carbocycles. The van der Waals surface area contributed by atoms with Crippen LogP contribution in [0, 0.1) is 0 Å². The van der Waals surface area contributed by atoms with Crippen LogP contribution in [0.2, 0.25) is 0 Å². The summed E-state index contributed by atoms with van der Waals surface area (Å²) in [5, 5.41) is 2.85. The molecule has 3 rings (SSSR count). The zero-order valence-corrected chi connectivity index (χ0v) is 14.1. The highest BCUT2D eigenvalue weighted by atomic mass is 16.2. The summed E-state index contributed by atoms with van der Waals surface area (Å²) in [7, 11) is 0. The van der Waals surface area contributed by atoms with Crippen molar-refractivity contribution in [3.63, 3.8) is 0 Å². The molecule has 0 aromatic carbocycles. The predicted molar refractivity (Wildman–Crippen MR) is 91.2 cm³/mol. The van der Waals surface area contributed by atoms with Crippen molar-refractivity contribution in [2.45, 2.75) is 63.5 Å². The average molecular weight is 319 g/mol. The van der Waals surface area contributed by atoms with Gasteiger partial charge in [0.1, 0.15) is 0 Å². The number of hydrogen-bond donors (Lipinski definition) is 2. The molecule has 1 atom stereocenters. The van der Waals surface area contributed by atoms with Gasteiger partial charge in [0.15, 0.2) is 5.82 Å². The Morgan fingerprint density at radius 2 is 2.13 bits per heavy atom. The minimum absolute atomic E-state index is 0.140. The standard InChI is InChI=1S/C17H29N5O/c1-2-6-14(18)16(23)20-15-11-22(13-19-15)17(7-5-8-17)12-21-9-3-4-10-21/h11,13-14H,2-10,12,18H2,1H3,(H,20,23)/t14-/m0/s1. The molecule has 0 radical (unpaired) electrons. The highest BCUT2D eigenvalue weighted by Crippen LogP contribution is 2.40. The molecule has 1 amide bonds. The van der Waals surface area contributed by atoms with Crippen LogP contribution < -0.4 is 11.1 Å². The summed E-state index contributed by atoms with van der Waals surface area (Å²) >= 11 is 0. The summed E-state index contributed by atoms with van der Waals surface area (Å²) < 4.78 is 2.22. The third-order valence-electron chi connectivity index (χ3n) is 5.32. The molecule has 1 aliphatic carbocycles. The third kappa shape index (κ3) is 3.58. The molecule has 23 heavy (non-hydrogen) atoms. The second-order valence-electron chi connectivity index (χ2n) is 7.11. The lowest BCUT2D eigenvalue weighted by molar-refractivity contribution is -0.117. The zero-order chi connectivity index (χ0) is 16.3. The number of rotatable bonds is 7.